The first-order valence-electron chi connectivity index (χ1n) is 9.20. The Balaban J connectivity index is 0.000000246. The molecule has 8 heteroatoms. The number of hydrogen-bond acceptors (Lipinski definition) is 6. The van der Waals surface area contributed by atoms with Gasteiger partial charge in [0.1, 0.15) is 0 Å². The van der Waals surface area contributed by atoms with Gasteiger partial charge in [-0.25, -0.2) is 19.2 Å². The Morgan fingerprint density at radius 3 is 1.37 bits per heavy atom. The molecular formula is C22H24O8. The van der Waals surface area contributed by atoms with Crippen LogP contribution in [0.4, 0.5) is 0 Å². The van der Waals surface area contributed by atoms with Crippen LogP contribution in [0.2, 0.25) is 0 Å². The van der Waals surface area contributed by atoms with Crippen molar-refractivity contribution in [1.82, 2.24) is 0 Å². The summed E-state index contributed by atoms with van der Waals surface area (Å²) < 4.78 is 8.25. The lowest BCUT2D eigenvalue weighted by molar-refractivity contribution is -0.137. The highest BCUT2D eigenvalue weighted by Crippen LogP contribution is 2.40. The summed E-state index contributed by atoms with van der Waals surface area (Å²) in [4.78, 5) is 42.3. The van der Waals surface area contributed by atoms with Crippen molar-refractivity contribution in [3.63, 3.8) is 0 Å². The summed E-state index contributed by atoms with van der Waals surface area (Å²) in [6.07, 6.45) is 16.1. The van der Waals surface area contributed by atoms with Crippen LogP contribution in [0.1, 0.15) is 25.7 Å². The zero-order valence-electron chi connectivity index (χ0n) is 16.8. The fourth-order valence-electron chi connectivity index (χ4n) is 2.99. The van der Waals surface area contributed by atoms with Crippen molar-refractivity contribution in [2.45, 2.75) is 25.7 Å². The van der Waals surface area contributed by atoms with Crippen molar-refractivity contribution in [1.29, 1.82) is 0 Å². The fourth-order valence-corrected chi connectivity index (χ4v) is 2.99. The molecular weight excluding hydrogens is 392 g/mol. The first kappa shape index (κ1) is 24.4. The SMILES string of the molecule is C1=CCCC=C1.COC(=O)C#CC(=O)OC.O=C(O)C1=C(C(=O)O)C2C=CC1CC2. The quantitative estimate of drug-likeness (QED) is 0.304. The summed E-state index contributed by atoms with van der Waals surface area (Å²) in [6.45, 7) is 0. The summed E-state index contributed by atoms with van der Waals surface area (Å²) in [6, 6.07) is 0. The summed E-state index contributed by atoms with van der Waals surface area (Å²) in [5.41, 5.74) is 0.160. The number of carboxylic acids is 2. The third-order valence-corrected chi connectivity index (χ3v) is 4.38. The second kappa shape index (κ2) is 12.8. The number of carbonyl (C=O) groups excluding carboxylic acids is 2. The lowest BCUT2D eigenvalue weighted by atomic mass is 9.71. The molecule has 0 aromatic carbocycles. The summed E-state index contributed by atoms with van der Waals surface area (Å²) in [5.74, 6) is -0.325. The molecule has 0 aromatic heterocycles. The predicted molar refractivity (Wildman–Crippen MR) is 107 cm³/mol. The lowest BCUT2D eigenvalue weighted by Crippen LogP contribution is -2.30. The van der Waals surface area contributed by atoms with Crippen LogP contribution in [0.3, 0.4) is 0 Å². The summed E-state index contributed by atoms with van der Waals surface area (Å²) in [7, 11) is 2.35. The molecule has 0 fully saturated rings. The highest BCUT2D eigenvalue weighted by atomic mass is 16.5. The topological polar surface area (TPSA) is 127 Å². The Bertz CT molecular complexity index is 782. The van der Waals surface area contributed by atoms with Crippen LogP contribution in [0, 0.1) is 23.7 Å². The number of carboxylic acid groups (broad SMARTS) is 2. The van der Waals surface area contributed by atoms with E-state index in [2.05, 4.69) is 33.8 Å². The molecule has 0 saturated heterocycles. The van der Waals surface area contributed by atoms with Crippen molar-refractivity contribution < 1.29 is 38.9 Å². The number of aliphatic carboxylic acids is 2. The molecule has 8 nitrogen and oxygen atoms in total. The molecule has 0 heterocycles. The van der Waals surface area contributed by atoms with Gasteiger partial charge in [-0.1, -0.05) is 36.5 Å². The second-order valence-electron chi connectivity index (χ2n) is 6.28. The Kier molecular flexibility index (Phi) is 10.4. The van der Waals surface area contributed by atoms with E-state index in [1.54, 1.807) is 0 Å². The maximum Gasteiger partial charge on any atom is 0.384 e. The number of fused-ring (bicyclic) bond motifs is 1. The van der Waals surface area contributed by atoms with Crippen molar-refractivity contribution in [2.75, 3.05) is 14.2 Å². The van der Waals surface area contributed by atoms with Crippen LogP contribution in [0.15, 0.2) is 47.6 Å². The van der Waals surface area contributed by atoms with Crippen molar-refractivity contribution in [2.24, 2.45) is 11.8 Å². The largest absolute Gasteiger partial charge is 0.478 e. The normalized spacial score (nSPS) is 19.8. The van der Waals surface area contributed by atoms with E-state index in [-0.39, 0.29) is 23.0 Å². The van der Waals surface area contributed by atoms with E-state index in [1.807, 2.05) is 24.0 Å². The molecule has 2 bridgehead atoms. The average Bonchev–Trinajstić information content (AvgIpc) is 2.79. The zero-order chi connectivity index (χ0) is 22.5. The molecule has 2 unspecified atom stereocenters. The van der Waals surface area contributed by atoms with Gasteiger partial charge in [0.2, 0.25) is 0 Å². The maximum atomic E-state index is 10.9. The molecule has 30 heavy (non-hydrogen) atoms. The smallest absolute Gasteiger partial charge is 0.384 e. The van der Waals surface area contributed by atoms with E-state index in [0.29, 0.717) is 0 Å². The maximum absolute atomic E-state index is 10.9. The van der Waals surface area contributed by atoms with Gasteiger partial charge >= 0.3 is 23.9 Å². The summed E-state index contributed by atoms with van der Waals surface area (Å²) >= 11 is 0. The lowest BCUT2D eigenvalue weighted by Gasteiger charge is -2.31. The minimum Gasteiger partial charge on any atom is -0.478 e. The molecule has 2 N–H and O–H groups in total. The van der Waals surface area contributed by atoms with Gasteiger partial charge in [-0.2, -0.15) is 0 Å². The first-order chi connectivity index (χ1) is 14.3. The molecule has 0 spiro atoms. The number of esters is 2. The van der Waals surface area contributed by atoms with E-state index in [9.17, 15) is 19.2 Å². The number of ether oxygens (including phenoxy) is 2. The number of hydrogen-bond donors (Lipinski definition) is 2. The Morgan fingerprint density at radius 1 is 0.800 bits per heavy atom. The molecule has 0 radical (unpaired) electrons. The molecule has 0 amide bonds. The van der Waals surface area contributed by atoms with Crippen molar-refractivity contribution in [3.05, 3.63) is 47.6 Å². The van der Waals surface area contributed by atoms with Crippen LogP contribution < -0.4 is 0 Å². The highest BCUT2D eigenvalue weighted by Gasteiger charge is 2.37. The average molecular weight is 416 g/mol. The minimum absolute atomic E-state index is 0.0799. The van der Waals surface area contributed by atoms with E-state index in [1.165, 1.54) is 27.1 Å². The van der Waals surface area contributed by atoms with Crippen LogP contribution in [-0.2, 0) is 28.7 Å². The third-order valence-electron chi connectivity index (χ3n) is 4.38. The van der Waals surface area contributed by atoms with Gasteiger partial charge in [-0.3, -0.25) is 0 Å². The summed E-state index contributed by atoms with van der Waals surface area (Å²) in [5, 5.41) is 17.8. The molecule has 4 aliphatic carbocycles. The molecule has 160 valence electrons. The number of rotatable bonds is 2. The molecule has 0 aliphatic heterocycles. The van der Waals surface area contributed by atoms with Crippen LogP contribution >= 0.6 is 0 Å². The zero-order valence-corrected chi connectivity index (χ0v) is 16.8. The fraction of sp³-hybridized carbons (Fsp3) is 0.364. The number of carbonyl (C=O) groups is 4. The standard InChI is InChI=1S/C10H10O4.C6H6O4.C6H8/c11-9(12)7-5-1-2-6(4-3-5)8(7)10(13)14;1-9-5(7)3-4-6(8)10-2;1-2-4-6-5-3-1/h1-2,5-6H,3-4H2,(H,11,12)(H,13,14);1-2H3;1-4H,5-6H2. The van der Waals surface area contributed by atoms with E-state index < -0.39 is 23.9 Å². The first-order valence-corrected chi connectivity index (χ1v) is 9.20. The Labute approximate surface area is 174 Å². The van der Waals surface area contributed by atoms with Crippen molar-refractivity contribution in [3.8, 4) is 11.8 Å². The van der Waals surface area contributed by atoms with E-state index in [4.69, 9.17) is 10.2 Å². The molecule has 4 rings (SSSR count). The molecule has 4 aliphatic rings. The van der Waals surface area contributed by atoms with Crippen LogP contribution in [-0.4, -0.2) is 48.3 Å². The van der Waals surface area contributed by atoms with Gasteiger partial charge in [0.05, 0.1) is 25.4 Å². The predicted octanol–water partition coefficient (Wildman–Crippen LogP) is 2.28. The van der Waals surface area contributed by atoms with Gasteiger partial charge in [0.25, 0.3) is 0 Å². The minimum atomic E-state index is -1.10. The van der Waals surface area contributed by atoms with E-state index >= 15 is 0 Å². The van der Waals surface area contributed by atoms with Gasteiger partial charge < -0.3 is 19.7 Å². The molecule has 0 saturated carbocycles. The molecule has 0 aromatic rings. The number of methoxy groups -OCH3 is 2. The number of allylic oxidation sites excluding steroid dienone is 6. The Hall–Kier alpha value is -3.60. The van der Waals surface area contributed by atoms with Gasteiger partial charge in [-0.05, 0) is 25.7 Å². The van der Waals surface area contributed by atoms with Gasteiger partial charge in [0, 0.05) is 23.7 Å². The van der Waals surface area contributed by atoms with Crippen LogP contribution in [0.25, 0.3) is 0 Å². The van der Waals surface area contributed by atoms with Gasteiger partial charge in [-0.15, -0.1) is 0 Å². The second-order valence-corrected chi connectivity index (χ2v) is 6.28. The van der Waals surface area contributed by atoms with Gasteiger partial charge in [0.15, 0.2) is 0 Å². The third kappa shape index (κ3) is 7.80. The Morgan fingerprint density at radius 2 is 1.17 bits per heavy atom. The van der Waals surface area contributed by atoms with E-state index in [0.717, 1.165) is 12.8 Å². The monoisotopic (exact) mass is 416 g/mol. The van der Waals surface area contributed by atoms with Crippen molar-refractivity contribution >= 4 is 23.9 Å². The van der Waals surface area contributed by atoms with Crippen LogP contribution in [0.5, 0.6) is 0 Å². The highest BCUT2D eigenvalue weighted by molar-refractivity contribution is 6.01. The molecule has 2 atom stereocenters.